The molecular formula is C17H26ClN6O8P. The molecular weight excluding hydrogens is 483 g/mol. The number of fused-ring (bicyclic) bond motifs is 1. The maximum Gasteiger partial charge on any atom is 0.356 e. The fraction of sp³-hybridized carbons (Fsp3) is 0.765. The highest BCUT2D eigenvalue weighted by Crippen LogP contribution is 2.42. The summed E-state index contributed by atoms with van der Waals surface area (Å²) in [6, 6.07) is 0.232. The number of anilines is 1. The van der Waals surface area contributed by atoms with Crippen LogP contribution in [0.2, 0.25) is 5.28 Å². The van der Waals surface area contributed by atoms with Crippen LogP contribution in [0.25, 0.3) is 11.2 Å². The van der Waals surface area contributed by atoms with Crippen molar-refractivity contribution < 1.29 is 38.8 Å². The molecule has 1 saturated carbocycles. The third-order valence-electron chi connectivity index (χ3n) is 5.71. The van der Waals surface area contributed by atoms with E-state index < -0.39 is 44.6 Å². The van der Waals surface area contributed by atoms with Gasteiger partial charge in [-0.15, -0.1) is 5.10 Å². The van der Waals surface area contributed by atoms with Crippen LogP contribution in [0.15, 0.2) is 0 Å². The number of hydrogen-bond donors (Lipinski definition) is 5. The minimum Gasteiger partial charge on any atom is -0.387 e. The molecule has 1 aliphatic heterocycles. The zero-order valence-electron chi connectivity index (χ0n) is 17.7. The van der Waals surface area contributed by atoms with E-state index in [-0.39, 0.29) is 23.6 Å². The van der Waals surface area contributed by atoms with Crippen LogP contribution in [-0.2, 0) is 18.8 Å². The highest BCUT2D eigenvalue weighted by Gasteiger charge is 2.46. The average Bonchev–Trinajstić information content (AvgIpc) is 3.46. The number of nitrogens with one attached hydrogen (secondary N) is 1. The molecule has 0 spiro atoms. The molecule has 4 rings (SSSR count). The van der Waals surface area contributed by atoms with Crippen molar-refractivity contribution in [3.63, 3.8) is 0 Å². The number of ether oxygens (including phenoxy) is 3. The fourth-order valence-corrected chi connectivity index (χ4v) is 4.79. The third-order valence-corrected chi connectivity index (χ3v) is 6.93. The van der Waals surface area contributed by atoms with Crippen molar-refractivity contribution >= 4 is 36.2 Å². The number of aliphatic hydroxyl groups excluding tert-OH is 2. The molecule has 2 aromatic rings. The van der Waals surface area contributed by atoms with Crippen LogP contribution < -0.4 is 5.32 Å². The van der Waals surface area contributed by atoms with Gasteiger partial charge >= 0.3 is 7.60 Å². The van der Waals surface area contributed by atoms with Crippen molar-refractivity contribution in [2.24, 2.45) is 0 Å². The Morgan fingerprint density at radius 3 is 2.67 bits per heavy atom. The molecule has 0 aromatic carbocycles. The molecule has 16 heteroatoms. The average molecular weight is 509 g/mol. The van der Waals surface area contributed by atoms with Crippen LogP contribution >= 0.6 is 19.2 Å². The smallest absolute Gasteiger partial charge is 0.356 e. The first kappa shape index (κ1) is 24.6. The standard InChI is InChI=1S/C17H26ClN6O8P/c1-30-7-10(33(27,28)29)31-6-9-12(25)13(26)16(32-9)24-15-11(22-23-24)14(20-17(18)21-15)19-8-4-2-3-5-8/h8-10,12-13,16,25-26H,2-7H2,1H3,(H,19,20,21)(H2,27,28,29)/t9-,10?,12-,13-,16-/m1/s1. The Morgan fingerprint density at radius 1 is 1.27 bits per heavy atom. The number of rotatable bonds is 9. The molecule has 0 bridgehead atoms. The van der Waals surface area contributed by atoms with Crippen molar-refractivity contribution in [3.8, 4) is 0 Å². The summed E-state index contributed by atoms with van der Waals surface area (Å²) in [5.74, 6) is -1.13. The number of aromatic nitrogens is 5. The molecule has 184 valence electrons. The maximum absolute atomic E-state index is 11.5. The Bertz CT molecular complexity index is 1020. The topological polar surface area (TPSA) is 194 Å². The first-order valence-corrected chi connectivity index (χ1v) is 12.5. The van der Waals surface area contributed by atoms with E-state index >= 15 is 0 Å². The Labute approximate surface area is 193 Å². The van der Waals surface area contributed by atoms with Gasteiger partial charge in [0.05, 0.1) is 13.2 Å². The molecule has 0 radical (unpaired) electrons. The first-order chi connectivity index (χ1) is 15.7. The molecule has 2 aliphatic rings. The van der Waals surface area contributed by atoms with Crippen molar-refractivity contribution in [1.29, 1.82) is 0 Å². The lowest BCUT2D eigenvalue weighted by molar-refractivity contribution is -0.0830. The summed E-state index contributed by atoms with van der Waals surface area (Å²) in [6.45, 7) is -0.774. The van der Waals surface area contributed by atoms with Gasteiger partial charge in [0.25, 0.3) is 0 Å². The number of hydrogen-bond acceptors (Lipinski definition) is 11. The van der Waals surface area contributed by atoms with Gasteiger partial charge in [0.2, 0.25) is 5.28 Å². The third kappa shape index (κ3) is 5.29. The minimum atomic E-state index is -4.62. The van der Waals surface area contributed by atoms with E-state index in [1.807, 2.05) is 0 Å². The summed E-state index contributed by atoms with van der Waals surface area (Å²) in [5, 5.41) is 32.4. The molecule has 0 amide bonds. The SMILES string of the molecule is COCC(OC[C@H]1O[C@@H](n2nnc3c(NC4CCCC4)nc(Cl)nc32)[C@H](O)[C@@H]1O)P(=O)(O)O. The number of aliphatic hydroxyl groups is 2. The molecule has 1 aliphatic carbocycles. The normalized spacial score (nSPS) is 27.5. The summed E-state index contributed by atoms with van der Waals surface area (Å²) in [6.07, 6.45) is -0.959. The molecule has 2 aromatic heterocycles. The predicted octanol–water partition coefficient (Wildman–Crippen LogP) is 0.0152. The van der Waals surface area contributed by atoms with Gasteiger partial charge in [-0.05, 0) is 24.4 Å². The van der Waals surface area contributed by atoms with Gasteiger partial charge in [0, 0.05) is 13.2 Å². The lowest BCUT2D eigenvalue weighted by Gasteiger charge is -2.21. The van der Waals surface area contributed by atoms with E-state index in [0.29, 0.717) is 11.3 Å². The molecule has 1 unspecified atom stereocenters. The van der Waals surface area contributed by atoms with E-state index in [9.17, 15) is 24.6 Å². The Hall–Kier alpha value is -1.48. The monoisotopic (exact) mass is 508 g/mol. The summed E-state index contributed by atoms with van der Waals surface area (Å²) in [4.78, 5) is 27.1. The Morgan fingerprint density at radius 2 is 2.00 bits per heavy atom. The van der Waals surface area contributed by atoms with Crippen molar-refractivity contribution in [2.75, 3.05) is 25.6 Å². The van der Waals surface area contributed by atoms with Crippen molar-refractivity contribution in [3.05, 3.63) is 5.28 Å². The second kappa shape index (κ2) is 10.0. The summed E-state index contributed by atoms with van der Waals surface area (Å²) < 4.78 is 28.4. The van der Waals surface area contributed by atoms with E-state index in [0.717, 1.165) is 25.7 Å². The second-order valence-electron chi connectivity index (χ2n) is 8.05. The van der Waals surface area contributed by atoms with Gasteiger partial charge in [-0.2, -0.15) is 14.6 Å². The Balaban J connectivity index is 1.53. The molecule has 5 N–H and O–H groups in total. The van der Waals surface area contributed by atoms with Gasteiger partial charge < -0.3 is 39.5 Å². The summed E-state index contributed by atoms with van der Waals surface area (Å²) in [5.41, 5.74) is 0.527. The van der Waals surface area contributed by atoms with Crippen LogP contribution in [0.4, 0.5) is 5.82 Å². The zero-order valence-corrected chi connectivity index (χ0v) is 19.3. The van der Waals surface area contributed by atoms with Gasteiger partial charge in [-0.3, -0.25) is 4.57 Å². The maximum atomic E-state index is 11.5. The molecule has 5 atom stereocenters. The fourth-order valence-electron chi connectivity index (χ4n) is 4.00. The molecule has 14 nitrogen and oxygen atoms in total. The number of nitrogens with zero attached hydrogens (tertiary/aromatic N) is 5. The molecule has 33 heavy (non-hydrogen) atoms. The van der Waals surface area contributed by atoms with E-state index in [1.165, 1.54) is 11.8 Å². The van der Waals surface area contributed by atoms with Crippen LogP contribution in [0.5, 0.6) is 0 Å². The first-order valence-electron chi connectivity index (χ1n) is 10.4. The highest BCUT2D eigenvalue weighted by molar-refractivity contribution is 7.52. The summed E-state index contributed by atoms with van der Waals surface area (Å²) >= 11 is 6.11. The molecule has 1 saturated heterocycles. The Kier molecular flexibility index (Phi) is 7.48. The lowest BCUT2D eigenvalue weighted by atomic mass is 10.1. The second-order valence-corrected chi connectivity index (χ2v) is 10.1. The minimum absolute atomic E-state index is 0.0523. The zero-order chi connectivity index (χ0) is 23.8. The molecule has 3 heterocycles. The van der Waals surface area contributed by atoms with E-state index in [1.54, 1.807) is 0 Å². The van der Waals surface area contributed by atoms with Gasteiger partial charge in [-0.25, -0.2) is 0 Å². The van der Waals surface area contributed by atoms with Crippen LogP contribution in [0.1, 0.15) is 31.9 Å². The highest BCUT2D eigenvalue weighted by atomic mass is 35.5. The van der Waals surface area contributed by atoms with Crippen molar-refractivity contribution in [2.45, 2.75) is 62.1 Å². The summed E-state index contributed by atoms with van der Waals surface area (Å²) in [7, 11) is -3.35. The quantitative estimate of drug-likeness (QED) is 0.225. The van der Waals surface area contributed by atoms with E-state index in [4.69, 9.17) is 25.8 Å². The van der Waals surface area contributed by atoms with Crippen LogP contribution in [-0.4, -0.2) is 95.5 Å². The van der Waals surface area contributed by atoms with Crippen LogP contribution in [0, 0.1) is 0 Å². The number of halogens is 1. The number of methoxy groups -OCH3 is 1. The van der Waals surface area contributed by atoms with Gasteiger partial charge in [0.1, 0.15) is 18.3 Å². The largest absolute Gasteiger partial charge is 0.387 e. The van der Waals surface area contributed by atoms with Gasteiger partial charge in [0.15, 0.2) is 29.1 Å². The molecule has 2 fully saturated rings. The lowest BCUT2D eigenvalue weighted by Crippen LogP contribution is -2.35. The van der Waals surface area contributed by atoms with Crippen molar-refractivity contribution in [1.82, 2.24) is 25.0 Å². The van der Waals surface area contributed by atoms with Crippen LogP contribution in [0.3, 0.4) is 0 Å². The predicted molar refractivity (Wildman–Crippen MR) is 114 cm³/mol. The van der Waals surface area contributed by atoms with E-state index in [2.05, 4.69) is 25.6 Å². The van der Waals surface area contributed by atoms with Gasteiger partial charge in [-0.1, -0.05) is 18.1 Å².